The molecule has 3 rings (SSSR count). The number of hydrogen-bond acceptors (Lipinski definition) is 6. The smallest absolute Gasteiger partial charge is 0.338 e. The van der Waals surface area contributed by atoms with Crippen molar-refractivity contribution in [3.63, 3.8) is 0 Å². The Hall–Kier alpha value is -3.89. The molecular formula is C18H19N5O6. The number of anilines is 1. The van der Waals surface area contributed by atoms with E-state index in [0.717, 1.165) is 4.90 Å². The molecule has 152 valence electrons. The molecule has 5 amide bonds. The van der Waals surface area contributed by atoms with Gasteiger partial charge in [-0.05, 0) is 24.6 Å². The molecule has 1 aliphatic heterocycles. The van der Waals surface area contributed by atoms with Crippen molar-refractivity contribution in [3.8, 4) is 0 Å². The van der Waals surface area contributed by atoms with Crippen LogP contribution in [0.1, 0.15) is 16.8 Å². The first-order valence-corrected chi connectivity index (χ1v) is 8.77. The number of H-pyrrole nitrogens is 1. The first-order chi connectivity index (χ1) is 13.9. The van der Waals surface area contributed by atoms with Crippen molar-refractivity contribution in [1.82, 2.24) is 20.5 Å². The highest BCUT2D eigenvalue weighted by Gasteiger charge is 2.27. The van der Waals surface area contributed by atoms with E-state index in [1.54, 1.807) is 18.3 Å². The third-order valence-corrected chi connectivity index (χ3v) is 4.32. The van der Waals surface area contributed by atoms with Gasteiger partial charge in [0.2, 0.25) is 5.91 Å². The Morgan fingerprint density at radius 3 is 2.69 bits per heavy atom. The van der Waals surface area contributed by atoms with Gasteiger partial charge < -0.3 is 25.7 Å². The number of carbonyl (C=O) groups is 5. The number of methoxy groups -OCH3 is 1. The van der Waals surface area contributed by atoms with Crippen LogP contribution in [0.5, 0.6) is 0 Å². The van der Waals surface area contributed by atoms with E-state index in [0.29, 0.717) is 17.3 Å². The molecular weight excluding hydrogens is 382 g/mol. The van der Waals surface area contributed by atoms with Gasteiger partial charge in [0.05, 0.1) is 19.2 Å². The number of nitrogens with zero attached hydrogens (tertiary/aromatic N) is 1. The minimum absolute atomic E-state index is 0.0354. The van der Waals surface area contributed by atoms with Gasteiger partial charge in [-0.1, -0.05) is 0 Å². The summed E-state index contributed by atoms with van der Waals surface area (Å²) in [6.07, 6.45) is 1.94. The summed E-state index contributed by atoms with van der Waals surface area (Å²) in [6.45, 7) is 0.206. The Morgan fingerprint density at radius 2 is 2.00 bits per heavy atom. The van der Waals surface area contributed by atoms with Crippen molar-refractivity contribution >= 4 is 46.3 Å². The average Bonchev–Trinajstić information content (AvgIpc) is 3.30. The number of hydrogen-bond donors (Lipinski definition) is 4. The predicted molar refractivity (Wildman–Crippen MR) is 101 cm³/mol. The zero-order valence-corrected chi connectivity index (χ0v) is 15.5. The van der Waals surface area contributed by atoms with Crippen LogP contribution in [-0.4, -0.2) is 66.3 Å². The van der Waals surface area contributed by atoms with E-state index in [4.69, 9.17) is 4.74 Å². The van der Waals surface area contributed by atoms with Gasteiger partial charge in [-0.15, -0.1) is 0 Å². The second kappa shape index (κ2) is 8.42. The van der Waals surface area contributed by atoms with E-state index in [2.05, 4.69) is 20.9 Å². The van der Waals surface area contributed by atoms with E-state index < -0.39 is 23.8 Å². The number of urea groups is 1. The first kappa shape index (κ1) is 19.9. The van der Waals surface area contributed by atoms with Crippen molar-refractivity contribution in [3.05, 3.63) is 30.0 Å². The molecule has 0 bridgehead atoms. The summed E-state index contributed by atoms with van der Waals surface area (Å²) in [5.41, 5.74) is 1.09. The molecule has 0 atom stereocenters. The van der Waals surface area contributed by atoms with Crippen LogP contribution in [0.25, 0.3) is 10.9 Å². The molecule has 0 spiro atoms. The number of esters is 1. The monoisotopic (exact) mass is 401 g/mol. The summed E-state index contributed by atoms with van der Waals surface area (Å²) in [4.78, 5) is 62.9. The maximum Gasteiger partial charge on any atom is 0.338 e. The maximum atomic E-state index is 12.1. The topological polar surface area (TPSA) is 150 Å². The van der Waals surface area contributed by atoms with Crippen LogP contribution in [0, 0.1) is 0 Å². The molecule has 29 heavy (non-hydrogen) atoms. The highest BCUT2D eigenvalue weighted by molar-refractivity contribution is 6.39. The summed E-state index contributed by atoms with van der Waals surface area (Å²) in [7, 11) is 1.25. The highest BCUT2D eigenvalue weighted by Crippen LogP contribution is 2.24. The van der Waals surface area contributed by atoms with Crippen LogP contribution in [-0.2, 0) is 19.1 Å². The number of aromatic amines is 1. The third-order valence-electron chi connectivity index (χ3n) is 4.32. The molecule has 0 saturated carbocycles. The van der Waals surface area contributed by atoms with Crippen molar-refractivity contribution in [1.29, 1.82) is 0 Å². The Labute approximate surface area is 164 Å². The minimum Gasteiger partial charge on any atom is -0.465 e. The molecule has 1 saturated heterocycles. The Bertz CT molecular complexity index is 982. The average molecular weight is 401 g/mol. The molecule has 2 heterocycles. The second-order valence-electron chi connectivity index (χ2n) is 6.22. The van der Waals surface area contributed by atoms with Gasteiger partial charge in [-0.2, -0.15) is 0 Å². The molecule has 0 unspecified atom stereocenters. The second-order valence-corrected chi connectivity index (χ2v) is 6.22. The van der Waals surface area contributed by atoms with Crippen LogP contribution < -0.4 is 16.0 Å². The molecule has 11 heteroatoms. The SMILES string of the molecule is COC(=O)c1cc(NC(=O)C(=O)NCCCN2C(=O)CNC2=O)cc2[nH]ccc12. The van der Waals surface area contributed by atoms with Gasteiger partial charge in [0.15, 0.2) is 0 Å². The van der Waals surface area contributed by atoms with Crippen molar-refractivity contribution in [2.24, 2.45) is 0 Å². The number of amides is 5. The fourth-order valence-corrected chi connectivity index (χ4v) is 2.91. The molecule has 4 N–H and O–H groups in total. The van der Waals surface area contributed by atoms with Gasteiger partial charge in [-0.25, -0.2) is 9.59 Å². The minimum atomic E-state index is -0.915. The molecule has 0 aliphatic carbocycles. The van der Waals surface area contributed by atoms with Crippen LogP contribution in [0.2, 0.25) is 0 Å². The van der Waals surface area contributed by atoms with Crippen LogP contribution in [0.3, 0.4) is 0 Å². The highest BCUT2D eigenvalue weighted by atomic mass is 16.5. The standard InChI is InChI=1S/C18H19N5O6/c1-29-17(27)12-7-10(8-13-11(12)3-5-19-13)22-16(26)15(25)20-4-2-6-23-14(24)9-21-18(23)28/h3,5,7-8,19H,2,4,6,9H2,1H3,(H,20,25)(H,21,28)(H,22,26). The summed E-state index contributed by atoms with van der Waals surface area (Å²) >= 11 is 0. The van der Waals surface area contributed by atoms with E-state index in [-0.39, 0.29) is 36.8 Å². The van der Waals surface area contributed by atoms with Gasteiger partial charge in [0.25, 0.3) is 0 Å². The van der Waals surface area contributed by atoms with Crippen LogP contribution in [0.15, 0.2) is 24.4 Å². The van der Waals surface area contributed by atoms with Gasteiger partial charge in [-0.3, -0.25) is 19.3 Å². The largest absolute Gasteiger partial charge is 0.465 e. The quantitative estimate of drug-likeness (QED) is 0.231. The molecule has 11 nitrogen and oxygen atoms in total. The maximum absolute atomic E-state index is 12.1. The van der Waals surface area contributed by atoms with Crippen LogP contribution >= 0.6 is 0 Å². The predicted octanol–water partition coefficient (Wildman–Crippen LogP) is -0.0489. The fraction of sp³-hybridized carbons (Fsp3) is 0.278. The number of rotatable bonds is 6. The summed E-state index contributed by atoms with van der Waals surface area (Å²) in [5, 5.41) is 7.87. The van der Waals surface area contributed by atoms with Crippen molar-refractivity contribution in [2.45, 2.75) is 6.42 Å². The summed E-state index contributed by atoms with van der Waals surface area (Å²) in [5.74, 6) is -2.70. The summed E-state index contributed by atoms with van der Waals surface area (Å²) < 4.78 is 4.74. The zero-order chi connectivity index (χ0) is 21.0. The number of benzene rings is 1. The Balaban J connectivity index is 1.55. The number of nitrogens with one attached hydrogen (secondary N) is 4. The lowest BCUT2D eigenvalue weighted by Crippen LogP contribution is -2.38. The van der Waals surface area contributed by atoms with Gasteiger partial charge in [0, 0.05) is 35.9 Å². The lowest BCUT2D eigenvalue weighted by atomic mass is 10.1. The van der Waals surface area contributed by atoms with E-state index >= 15 is 0 Å². The summed E-state index contributed by atoms with van der Waals surface area (Å²) in [6, 6.07) is 4.24. The zero-order valence-electron chi connectivity index (χ0n) is 15.5. The van der Waals surface area contributed by atoms with Crippen molar-refractivity contribution < 1.29 is 28.7 Å². The lowest BCUT2D eigenvalue weighted by molar-refractivity contribution is -0.136. The van der Waals surface area contributed by atoms with Crippen molar-refractivity contribution in [2.75, 3.05) is 32.1 Å². The van der Waals surface area contributed by atoms with E-state index in [1.165, 1.54) is 13.2 Å². The Kier molecular flexibility index (Phi) is 5.77. The Morgan fingerprint density at radius 1 is 1.21 bits per heavy atom. The van der Waals surface area contributed by atoms with Crippen LogP contribution in [0.4, 0.5) is 10.5 Å². The van der Waals surface area contributed by atoms with E-state index in [9.17, 15) is 24.0 Å². The number of fused-ring (bicyclic) bond motifs is 1. The normalized spacial score (nSPS) is 13.3. The molecule has 1 aromatic carbocycles. The van der Waals surface area contributed by atoms with E-state index in [1.807, 2.05) is 0 Å². The number of ether oxygens (including phenoxy) is 1. The van der Waals surface area contributed by atoms with Gasteiger partial charge in [0.1, 0.15) is 0 Å². The molecule has 1 fully saturated rings. The number of aromatic nitrogens is 1. The fourth-order valence-electron chi connectivity index (χ4n) is 2.91. The number of imide groups is 1. The first-order valence-electron chi connectivity index (χ1n) is 8.77. The van der Waals surface area contributed by atoms with Gasteiger partial charge >= 0.3 is 23.8 Å². The molecule has 2 aromatic rings. The molecule has 1 aliphatic rings. The molecule has 0 radical (unpaired) electrons. The number of carbonyl (C=O) groups excluding carboxylic acids is 5. The lowest BCUT2D eigenvalue weighted by Gasteiger charge is -2.12. The third kappa shape index (κ3) is 4.34. The molecule has 1 aromatic heterocycles.